The van der Waals surface area contributed by atoms with Crippen molar-refractivity contribution in [2.75, 3.05) is 0 Å². The molecule has 4 nitrogen and oxygen atoms in total. The fourth-order valence-electron chi connectivity index (χ4n) is 2.25. The SMILES string of the molecule is N#CC(C#N)c1cc(-c2ccccc2)nc(-c2ccccc2)n1. The van der Waals surface area contributed by atoms with E-state index in [2.05, 4.69) is 9.97 Å². The summed E-state index contributed by atoms with van der Waals surface area (Å²) < 4.78 is 0. The molecule has 0 aliphatic carbocycles. The number of hydrogen-bond acceptors (Lipinski definition) is 4. The monoisotopic (exact) mass is 296 g/mol. The van der Waals surface area contributed by atoms with Crippen molar-refractivity contribution in [2.45, 2.75) is 5.92 Å². The Labute approximate surface area is 134 Å². The van der Waals surface area contributed by atoms with Gasteiger partial charge in [0.15, 0.2) is 11.7 Å². The number of nitrogens with zero attached hydrogens (tertiary/aromatic N) is 4. The topological polar surface area (TPSA) is 73.4 Å². The van der Waals surface area contributed by atoms with E-state index in [-0.39, 0.29) is 0 Å². The highest BCUT2D eigenvalue weighted by Crippen LogP contribution is 2.25. The zero-order valence-corrected chi connectivity index (χ0v) is 12.2. The first-order chi connectivity index (χ1) is 11.3. The van der Waals surface area contributed by atoms with Crippen LogP contribution in [0.4, 0.5) is 0 Å². The molecule has 1 heterocycles. The quantitative estimate of drug-likeness (QED) is 0.733. The molecule has 108 valence electrons. The molecule has 0 bridgehead atoms. The lowest BCUT2D eigenvalue weighted by Crippen LogP contribution is -2.01. The minimum atomic E-state index is -0.914. The molecule has 4 heteroatoms. The van der Waals surface area contributed by atoms with Crippen molar-refractivity contribution in [3.63, 3.8) is 0 Å². The minimum Gasteiger partial charge on any atom is -0.231 e. The van der Waals surface area contributed by atoms with Crippen LogP contribution in [0.25, 0.3) is 22.6 Å². The summed E-state index contributed by atoms with van der Waals surface area (Å²) >= 11 is 0. The molecule has 2 aromatic carbocycles. The Balaban J connectivity index is 2.20. The molecule has 0 atom stereocenters. The highest BCUT2D eigenvalue weighted by atomic mass is 14.9. The molecular weight excluding hydrogens is 284 g/mol. The number of rotatable bonds is 3. The zero-order chi connectivity index (χ0) is 16.1. The number of aromatic nitrogens is 2. The van der Waals surface area contributed by atoms with Gasteiger partial charge in [-0.15, -0.1) is 0 Å². The molecule has 0 saturated carbocycles. The second-order valence-electron chi connectivity index (χ2n) is 4.92. The lowest BCUT2D eigenvalue weighted by atomic mass is 10.0. The average molecular weight is 296 g/mol. The van der Waals surface area contributed by atoms with E-state index in [0.717, 1.165) is 11.1 Å². The van der Waals surface area contributed by atoms with Crippen molar-refractivity contribution in [2.24, 2.45) is 0 Å². The molecular formula is C19H12N4. The van der Waals surface area contributed by atoms with Gasteiger partial charge >= 0.3 is 0 Å². The maximum atomic E-state index is 9.17. The lowest BCUT2D eigenvalue weighted by molar-refractivity contribution is 0.990. The van der Waals surface area contributed by atoms with Gasteiger partial charge in [-0.1, -0.05) is 60.7 Å². The van der Waals surface area contributed by atoms with Crippen molar-refractivity contribution in [3.05, 3.63) is 72.4 Å². The Morgan fingerprint density at radius 1 is 0.739 bits per heavy atom. The third-order valence-corrected chi connectivity index (χ3v) is 3.40. The maximum absolute atomic E-state index is 9.17. The fraction of sp³-hybridized carbons (Fsp3) is 0.0526. The second kappa shape index (κ2) is 6.51. The summed E-state index contributed by atoms with van der Waals surface area (Å²) in [5.41, 5.74) is 2.89. The van der Waals surface area contributed by atoms with E-state index >= 15 is 0 Å². The summed E-state index contributed by atoms with van der Waals surface area (Å²) in [4.78, 5) is 9.01. The second-order valence-corrected chi connectivity index (χ2v) is 4.92. The van der Waals surface area contributed by atoms with E-state index in [4.69, 9.17) is 10.5 Å². The molecule has 0 fully saturated rings. The molecule has 0 aliphatic heterocycles. The van der Waals surface area contributed by atoms with Crippen LogP contribution in [-0.2, 0) is 0 Å². The average Bonchev–Trinajstić information content (AvgIpc) is 2.64. The van der Waals surface area contributed by atoms with Crippen LogP contribution in [0.2, 0.25) is 0 Å². The van der Waals surface area contributed by atoms with E-state index in [9.17, 15) is 0 Å². The van der Waals surface area contributed by atoms with Crippen LogP contribution in [0.1, 0.15) is 11.6 Å². The van der Waals surface area contributed by atoms with Gasteiger partial charge in [-0.05, 0) is 6.07 Å². The fourth-order valence-corrected chi connectivity index (χ4v) is 2.25. The summed E-state index contributed by atoms with van der Waals surface area (Å²) in [6.45, 7) is 0. The van der Waals surface area contributed by atoms with Crippen LogP contribution in [-0.4, -0.2) is 9.97 Å². The van der Waals surface area contributed by atoms with Crippen molar-refractivity contribution in [1.29, 1.82) is 10.5 Å². The van der Waals surface area contributed by atoms with Gasteiger partial charge in [0, 0.05) is 11.1 Å². The predicted molar refractivity (Wildman–Crippen MR) is 86.9 cm³/mol. The molecule has 3 rings (SSSR count). The van der Waals surface area contributed by atoms with Crippen LogP contribution < -0.4 is 0 Å². The summed E-state index contributed by atoms with van der Waals surface area (Å²) in [5, 5.41) is 18.3. The molecule has 23 heavy (non-hydrogen) atoms. The van der Waals surface area contributed by atoms with Crippen molar-refractivity contribution in [3.8, 4) is 34.8 Å². The number of benzene rings is 2. The van der Waals surface area contributed by atoms with E-state index in [1.54, 1.807) is 6.07 Å². The molecule has 0 amide bonds. The molecule has 0 radical (unpaired) electrons. The first-order valence-electron chi connectivity index (χ1n) is 7.11. The van der Waals surface area contributed by atoms with Crippen molar-refractivity contribution < 1.29 is 0 Å². The molecule has 0 unspecified atom stereocenters. The molecule has 0 saturated heterocycles. The van der Waals surface area contributed by atoms with Crippen molar-refractivity contribution >= 4 is 0 Å². The Kier molecular flexibility index (Phi) is 4.09. The maximum Gasteiger partial charge on any atom is 0.175 e. The number of hydrogen-bond donors (Lipinski definition) is 0. The van der Waals surface area contributed by atoms with Crippen LogP contribution in [0.5, 0.6) is 0 Å². The third kappa shape index (κ3) is 3.07. The Morgan fingerprint density at radius 3 is 1.87 bits per heavy atom. The highest BCUT2D eigenvalue weighted by molar-refractivity contribution is 5.64. The van der Waals surface area contributed by atoms with Gasteiger partial charge in [0.25, 0.3) is 0 Å². The van der Waals surface area contributed by atoms with Gasteiger partial charge in [-0.2, -0.15) is 10.5 Å². The predicted octanol–water partition coefficient (Wildman–Crippen LogP) is 3.94. The first kappa shape index (κ1) is 14.4. The summed E-state index contributed by atoms with van der Waals surface area (Å²) in [6.07, 6.45) is 0. The minimum absolute atomic E-state index is 0.419. The standard InChI is InChI=1S/C19H12N4/c20-12-16(13-21)18-11-17(14-7-3-1-4-8-14)22-19(23-18)15-9-5-2-6-10-15/h1-11,16H. The number of nitriles is 2. The molecule has 0 spiro atoms. The van der Waals surface area contributed by atoms with Gasteiger partial charge < -0.3 is 0 Å². The van der Waals surface area contributed by atoms with Crippen LogP contribution in [0, 0.1) is 22.7 Å². The smallest absolute Gasteiger partial charge is 0.175 e. The Bertz CT molecular complexity index is 818. The summed E-state index contributed by atoms with van der Waals surface area (Å²) in [5.74, 6) is -0.402. The van der Waals surface area contributed by atoms with Gasteiger partial charge in [0.1, 0.15) is 0 Å². The first-order valence-corrected chi connectivity index (χ1v) is 7.11. The molecule has 3 aromatic rings. The zero-order valence-electron chi connectivity index (χ0n) is 12.2. The molecule has 0 aliphatic rings. The van der Waals surface area contributed by atoms with E-state index < -0.39 is 5.92 Å². The summed E-state index contributed by atoms with van der Waals surface area (Å²) in [6, 6.07) is 24.8. The lowest BCUT2D eigenvalue weighted by Gasteiger charge is -2.09. The van der Waals surface area contributed by atoms with Gasteiger partial charge in [-0.3, -0.25) is 0 Å². The largest absolute Gasteiger partial charge is 0.231 e. The van der Waals surface area contributed by atoms with Crippen LogP contribution in [0.15, 0.2) is 66.7 Å². The van der Waals surface area contributed by atoms with E-state index in [1.165, 1.54) is 0 Å². The van der Waals surface area contributed by atoms with Crippen LogP contribution >= 0.6 is 0 Å². The van der Waals surface area contributed by atoms with E-state index in [0.29, 0.717) is 17.2 Å². The normalized spacial score (nSPS) is 10.0. The van der Waals surface area contributed by atoms with Gasteiger partial charge in [0.05, 0.1) is 23.5 Å². The molecule has 1 aromatic heterocycles. The van der Waals surface area contributed by atoms with Gasteiger partial charge in [-0.25, -0.2) is 9.97 Å². The Hall–Kier alpha value is -3.50. The Morgan fingerprint density at radius 2 is 1.30 bits per heavy atom. The van der Waals surface area contributed by atoms with Gasteiger partial charge in [0.2, 0.25) is 0 Å². The van der Waals surface area contributed by atoms with Crippen LogP contribution in [0.3, 0.4) is 0 Å². The third-order valence-electron chi connectivity index (χ3n) is 3.40. The van der Waals surface area contributed by atoms with E-state index in [1.807, 2.05) is 72.8 Å². The summed E-state index contributed by atoms with van der Waals surface area (Å²) in [7, 11) is 0. The molecule has 0 N–H and O–H groups in total. The highest BCUT2D eigenvalue weighted by Gasteiger charge is 2.15. The van der Waals surface area contributed by atoms with Crippen molar-refractivity contribution in [1.82, 2.24) is 9.97 Å².